The van der Waals surface area contributed by atoms with Gasteiger partial charge in [0.1, 0.15) is 0 Å². The molecule has 0 aliphatic rings. The van der Waals surface area contributed by atoms with E-state index in [2.05, 4.69) is 18.8 Å². The first-order valence-corrected chi connectivity index (χ1v) is 12.6. The minimum Gasteiger partial charge on any atom is -0.691 e. The fourth-order valence-corrected chi connectivity index (χ4v) is 3.32. The average molecular weight is 880 g/mol. The van der Waals surface area contributed by atoms with Gasteiger partial charge < -0.3 is 14.7 Å². The van der Waals surface area contributed by atoms with Crippen molar-refractivity contribution in [1.29, 1.82) is 0 Å². The molecule has 310 valence electrons. The zero-order valence-corrected chi connectivity index (χ0v) is 27.0. The normalized spacial score (nSPS) is 15.6. The summed E-state index contributed by atoms with van der Waals surface area (Å²) in [6.45, 7) is -7.41. The van der Waals surface area contributed by atoms with Crippen LogP contribution in [0.4, 0.5) is 110 Å². The van der Waals surface area contributed by atoms with E-state index in [9.17, 15) is 125 Å². The third-order valence-electron chi connectivity index (χ3n) is 5.84. The molecule has 1 atom stereocenters. The van der Waals surface area contributed by atoms with Crippen molar-refractivity contribution >= 4 is 24.0 Å². The Morgan fingerprint density at radius 3 is 1.26 bits per heavy atom. The molecule has 34 heteroatoms. The van der Waals surface area contributed by atoms with Crippen LogP contribution in [0, 0.1) is 5.92 Å². The van der Waals surface area contributed by atoms with E-state index in [1.165, 1.54) is 0 Å². The molecular weight excluding hydrogens is 870 g/mol. The fourth-order valence-electron chi connectivity index (χ4n) is 2.81. The van der Waals surface area contributed by atoms with Crippen LogP contribution in [0.1, 0.15) is 6.42 Å². The quantitative estimate of drug-likeness (QED) is 0.0343. The van der Waals surface area contributed by atoms with Crippen LogP contribution in [-0.4, -0.2) is 103 Å². The van der Waals surface area contributed by atoms with Crippen molar-refractivity contribution < 1.29 is 173 Å². The third kappa shape index (κ3) is 9.70. The molecule has 0 amide bonds. The number of halogens is 25. The Kier molecular flexibility index (Phi) is 17.0. The number of ether oxygens (including phenoxy) is 2. The van der Waals surface area contributed by atoms with Crippen LogP contribution < -0.4 is 34.8 Å². The Hall–Kier alpha value is -1.58. The maximum absolute atomic E-state index is 13.9. The molecule has 0 bridgehead atoms. The Morgan fingerprint density at radius 2 is 0.906 bits per heavy atom. The van der Waals surface area contributed by atoms with Crippen LogP contribution in [0.5, 0.6) is 0 Å². The number of rotatable bonds is 20. The molecule has 0 saturated heterocycles. The first-order chi connectivity index (χ1) is 22.6. The molecule has 0 fully saturated rings. The molecule has 0 aromatic rings. The summed E-state index contributed by atoms with van der Waals surface area (Å²) < 4.78 is 339. The van der Waals surface area contributed by atoms with Crippen molar-refractivity contribution in [2.24, 2.45) is 5.92 Å². The van der Waals surface area contributed by atoms with Gasteiger partial charge in [0.25, 0.3) is 0 Å². The van der Waals surface area contributed by atoms with Gasteiger partial charge in [0.2, 0.25) is 0 Å². The van der Waals surface area contributed by atoms with E-state index in [4.69, 9.17) is 0 Å². The molecule has 0 spiro atoms. The minimum atomic E-state index is -8.41. The van der Waals surface area contributed by atoms with E-state index in [1.54, 1.807) is 0 Å². The Bertz CT molecular complexity index is 1240. The van der Waals surface area contributed by atoms with Gasteiger partial charge in [-0.15, -0.1) is 0 Å². The first kappa shape index (κ1) is 53.5. The molecular formula is C19H10F25NaO7S. The molecule has 7 nitrogen and oxygen atoms in total. The van der Waals surface area contributed by atoms with Crippen molar-refractivity contribution in [3.8, 4) is 0 Å². The van der Waals surface area contributed by atoms with E-state index < -0.39 is 127 Å². The topological polar surface area (TPSA) is 94.1 Å². The molecule has 53 heavy (non-hydrogen) atoms. The molecule has 0 aromatic heterocycles. The SMILES string of the molecule is O=C(CC(CSOO[O-])C(=O)OCC(F)(F)C(F)(F)C(F)(F)C(F)(F)C(F)(F)C(F)(F)F)OCC(F)(F)C(F)(F)C(F)(F)C(F)(F)C(F)(F)C(F)F.[Na+]. The van der Waals surface area contributed by atoms with E-state index in [0.29, 0.717) is 0 Å². The van der Waals surface area contributed by atoms with Crippen molar-refractivity contribution in [2.75, 3.05) is 19.0 Å². The maximum atomic E-state index is 13.9. The number of carbonyl (C=O) groups is 2. The molecule has 0 heterocycles. The van der Waals surface area contributed by atoms with Crippen LogP contribution >= 0.6 is 12.0 Å². The van der Waals surface area contributed by atoms with Gasteiger partial charge in [-0.1, -0.05) is 0 Å². The number of alkyl halides is 25. The zero-order valence-electron chi connectivity index (χ0n) is 24.2. The first-order valence-electron chi connectivity index (χ1n) is 11.7. The summed E-state index contributed by atoms with van der Waals surface area (Å²) in [5, 5.41) is 12.4. The third-order valence-corrected chi connectivity index (χ3v) is 6.53. The van der Waals surface area contributed by atoms with Crippen molar-refractivity contribution in [2.45, 2.75) is 78.2 Å². The number of carbonyl (C=O) groups excluding carboxylic acids is 2. The summed E-state index contributed by atoms with van der Waals surface area (Å²) in [5.41, 5.74) is 0. The summed E-state index contributed by atoms with van der Waals surface area (Å²) in [5.74, 6) is -88.7. The molecule has 0 aliphatic carbocycles. The van der Waals surface area contributed by atoms with Gasteiger partial charge in [-0.2, -0.15) is 105 Å². The van der Waals surface area contributed by atoms with Crippen molar-refractivity contribution in [1.82, 2.24) is 0 Å². The largest absolute Gasteiger partial charge is 1.00 e. The van der Waals surface area contributed by atoms with E-state index in [-0.39, 0.29) is 29.6 Å². The second-order valence-electron chi connectivity index (χ2n) is 9.44. The monoisotopic (exact) mass is 880 g/mol. The standard InChI is InChI=1S/C19H11F25O7S.Na/c20-8(21)11(26,27)14(32,33)15(34,35)12(28,29)9(22,23)3-48-6(45)1-5(2-52-51-50-47)7(46)49-4-10(24,25)13(30,31)16(36,37)17(38,39)18(40,41)19(42,43)44;/h5,8,47H,1-4H2;/q;+1/p-1. The summed E-state index contributed by atoms with van der Waals surface area (Å²) in [6.07, 6.45) is -16.0. The smallest absolute Gasteiger partial charge is 0.691 e. The van der Waals surface area contributed by atoms with Crippen LogP contribution in [0.25, 0.3) is 0 Å². The fraction of sp³-hybridized carbons (Fsp3) is 0.895. The maximum Gasteiger partial charge on any atom is 1.00 e. The van der Waals surface area contributed by atoms with Crippen LogP contribution in [0.15, 0.2) is 0 Å². The number of esters is 2. The van der Waals surface area contributed by atoms with E-state index >= 15 is 0 Å². The Labute approximate surface area is 300 Å². The Morgan fingerprint density at radius 1 is 0.547 bits per heavy atom. The van der Waals surface area contributed by atoms with Gasteiger partial charge in [0.15, 0.2) is 13.2 Å². The summed E-state index contributed by atoms with van der Waals surface area (Å²) in [4.78, 5) is 23.7. The van der Waals surface area contributed by atoms with Gasteiger partial charge in [-0.25, -0.2) is 8.78 Å². The average Bonchev–Trinajstić information content (AvgIpc) is 2.96. The van der Waals surface area contributed by atoms with Gasteiger partial charge in [-0.3, -0.25) is 14.6 Å². The molecule has 0 saturated carbocycles. The van der Waals surface area contributed by atoms with Gasteiger partial charge in [-0.05, 0) is 0 Å². The van der Waals surface area contributed by atoms with Gasteiger partial charge >= 0.3 is 113 Å². The second kappa shape index (κ2) is 16.9. The predicted molar refractivity (Wildman–Crippen MR) is 106 cm³/mol. The van der Waals surface area contributed by atoms with Gasteiger partial charge in [0, 0.05) is 17.8 Å². The molecule has 0 aliphatic heterocycles. The van der Waals surface area contributed by atoms with Crippen molar-refractivity contribution in [3.05, 3.63) is 0 Å². The summed E-state index contributed by atoms with van der Waals surface area (Å²) in [7, 11) is 0. The van der Waals surface area contributed by atoms with Gasteiger partial charge in [0.05, 0.1) is 12.3 Å². The summed E-state index contributed by atoms with van der Waals surface area (Å²) >= 11 is -0.649. The molecule has 1 unspecified atom stereocenters. The van der Waals surface area contributed by atoms with Crippen molar-refractivity contribution in [3.63, 3.8) is 0 Å². The zero-order chi connectivity index (χ0) is 42.2. The van der Waals surface area contributed by atoms with Crippen LogP contribution in [0.2, 0.25) is 0 Å². The van der Waals surface area contributed by atoms with Crippen LogP contribution in [0.3, 0.4) is 0 Å². The van der Waals surface area contributed by atoms with E-state index in [1.807, 2.05) is 0 Å². The van der Waals surface area contributed by atoms with Crippen LogP contribution in [-0.2, 0) is 28.4 Å². The second-order valence-corrected chi connectivity index (χ2v) is 10.1. The predicted octanol–water partition coefficient (Wildman–Crippen LogP) is 4.14. The van der Waals surface area contributed by atoms with E-state index in [0.717, 1.165) is 0 Å². The number of hydrogen-bond acceptors (Lipinski definition) is 8. The molecule has 0 radical (unpaired) electrons. The summed E-state index contributed by atoms with van der Waals surface area (Å²) in [6, 6.07) is 0. The minimum absolute atomic E-state index is 0. The molecule has 0 N–H and O–H groups in total. The molecule has 0 aromatic carbocycles. The molecule has 0 rings (SSSR count). The number of hydrogen-bond donors (Lipinski definition) is 0. The Balaban J connectivity index is 0.